The van der Waals surface area contributed by atoms with E-state index < -0.39 is 11.6 Å². The molecule has 0 aromatic heterocycles. The highest BCUT2D eigenvalue weighted by molar-refractivity contribution is 5.73. The van der Waals surface area contributed by atoms with E-state index in [0.29, 0.717) is 12.1 Å². The van der Waals surface area contributed by atoms with Crippen molar-refractivity contribution in [1.82, 2.24) is 10.6 Å². The van der Waals surface area contributed by atoms with Gasteiger partial charge in [0.2, 0.25) is 0 Å². The van der Waals surface area contributed by atoms with E-state index >= 15 is 0 Å². The monoisotopic (exact) mass is 276 g/mol. The minimum atomic E-state index is -0.922. The van der Waals surface area contributed by atoms with Crippen LogP contribution in [0.1, 0.15) is 11.1 Å². The molecule has 3 nitrogen and oxygen atoms in total. The summed E-state index contributed by atoms with van der Waals surface area (Å²) >= 11 is 0. The summed E-state index contributed by atoms with van der Waals surface area (Å²) in [6.07, 6.45) is 0. The van der Waals surface area contributed by atoms with Crippen molar-refractivity contribution in [2.45, 2.75) is 13.1 Å². The van der Waals surface area contributed by atoms with Crippen molar-refractivity contribution in [3.8, 4) is 0 Å². The molecule has 104 valence electrons. The van der Waals surface area contributed by atoms with Gasteiger partial charge in [0.25, 0.3) is 0 Å². The van der Waals surface area contributed by atoms with Crippen LogP contribution in [-0.4, -0.2) is 6.03 Å². The SMILES string of the molecule is O=C(NCc1ccccc1)NCc1ccc(F)c(F)c1. The zero-order valence-electron chi connectivity index (χ0n) is 10.7. The number of carbonyl (C=O) groups is 1. The molecule has 0 saturated carbocycles. The van der Waals surface area contributed by atoms with Crippen molar-refractivity contribution >= 4 is 6.03 Å². The largest absolute Gasteiger partial charge is 0.334 e. The second-order valence-electron chi connectivity index (χ2n) is 4.27. The molecule has 20 heavy (non-hydrogen) atoms. The van der Waals surface area contributed by atoms with E-state index in [1.807, 2.05) is 30.3 Å². The molecule has 2 aromatic carbocycles. The fraction of sp³-hybridized carbons (Fsp3) is 0.133. The number of urea groups is 1. The van der Waals surface area contributed by atoms with E-state index in [-0.39, 0.29) is 12.6 Å². The standard InChI is InChI=1S/C15H14F2N2O/c16-13-7-6-12(8-14(13)17)10-19-15(20)18-9-11-4-2-1-3-5-11/h1-8H,9-10H2,(H2,18,19,20). The third kappa shape index (κ3) is 4.05. The fourth-order valence-electron chi connectivity index (χ4n) is 1.67. The molecule has 0 aliphatic rings. The molecule has 0 aliphatic heterocycles. The summed E-state index contributed by atoms with van der Waals surface area (Å²) in [6.45, 7) is 0.544. The van der Waals surface area contributed by atoms with E-state index in [0.717, 1.165) is 17.7 Å². The minimum Gasteiger partial charge on any atom is -0.334 e. The molecular formula is C15H14F2N2O. The topological polar surface area (TPSA) is 41.1 Å². The molecule has 0 atom stereocenters. The van der Waals surface area contributed by atoms with Gasteiger partial charge in [0.05, 0.1) is 0 Å². The first-order valence-corrected chi connectivity index (χ1v) is 6.15. The molecule has 2 rings (SSSR count). The van der Waals surface area contributed by atoms with Crippen LogP contribution in [0, 0.1) is 11.6 Å². The van der Waals surface area contributed by atoms with Crippen LogP contribution in [0.3, 0.4) is 0 Å². The highest BCUT2D eigenvalue weighted by Gasteiger charge is 2.04. The van der Waals surface area contributed by atoms with Gasteiger partial charge in [-0.25, -0.2) is 13.6 Å². The average Bonchev–Trinajstić information content (AvgIpc) is 2.47. The van der Waals surface area contributed by atoms with Gasteiger partial charge in [-0.2, -0.15) is 0 Å². The summed E-state index contributed by atoms with van der Waals surface area (Å²) < 4.78 is 25.7. The van der Waals surface area contributed by atoms with Crippen molar-refractivity contribution in [1.29, 1.82) is 0 Å². The molecule has 5 heteroatoms. The quantitative estimate of drug-likeness (QED) is 0.885. The fourth-order valence-corrected chi connectivity index (χ4v) is 1.67. The first kappa shape index (κ1) is 14.0. The van der Waals surface area contributed by atoms with E-state index in [9.17, 15) is 13.6 Å². The van der Waals surface area contributed by atoms with Gasteiger partial charge >= 0.3 is 6.03 Å². The summed E-state index contributed by atoms with van der Waals surface area (Å²) in [7, 11) is 0. The van der Waals surface area contributed by atoms with E-state index in [2.05, 4.69) is 10.6 Å². The predicted octanol–water partition coefficient (Wildman–Crippen LogP) is 2.96. The van der Waals surface area contributed by atoms with Crippen LogP contribution in [0.4, 0.5) is 13.6 Å². The summed E-state index contributed by atoms with van der Waals surface area (Å²) in [4.78, 5) is 11.6. The van der Waals surface area contributed by atoms with E-state index in [4.69, 9.17) is 0 Å². The number of benzene rings is 2. The maximum absolute atomic E-state index is 13.0. The normalized spacial score (nSPS) is 10.1. The number of carbonyl (C=O) groups excluding carboxylic acids is 1. The Kier molecular flexibility index (Phi) is 4.65. The molecular weight excluding hydrogens is 262 g/mol. The Hall–Kier alpha value is -2.43. The Morgan fingerprint density at radius 3 is 2.15 bits per heavy atom. The van der Waals surface area contributed by atoms with E-state index in [1.165, 1.54) is 6.07 Å². The lowest BCUT2D eigenvalue weighted by Crippen LogP contribution is -2.34. The van der Waals surface area contributed by atoms with Gasteiger partial charge in [0, 0.05) is 13.1 Å². The number of amides is 2. The molecule has 0 unspecified atom stereocenters. The smallest absolute Gasteiger partial charge is 0.315 e. The Labute approximate surface area is 115 Å². The van der Waals surface area contributed by atoms with Crippen molar-refractivity contribution in [3.63, 3.8) is 0 Å². The lowest BCUT2D eigenvalue weighted by atomic mass is 10.2. The minimum absolute atomic E-state index is 0.137. The Morgan fingerprint density at radius 1 is 0.850 bits per heavy atom. The summed E-state index contributed by atoms with van der Waals surface area (Å²) in [5, 5.41) is 5.25. The van der Waals surface area contributed by atoms with Gasteiger partial charge in [-0.15, -0.1) is 0 Å². The van der Waals surface area contributed by atoms with Crippen molar-refractivity contribution in [2.75, 3.05) is 0 Å². The van der Waals surface area contributed by atoms with Crippen LogP contribution < -0.4 is 10.6 Å². The zero-order chi connectivity index (χ0) is 14.4. The number of rotatable bonds is 4. The van der Waals surface area contributed by atoms with Gasteiger partial charge in [0.15, 0.2) is 11.6 Å². The van der Waals surface area contributed by atoms with Crippen LogP contribution in [0.2, 0.25) is 0 Å². The third-order valence-electron chi connectivity index (χ3n) is 2.73. The maximum Gasteiger partial charge on any atom is 0.315 e. The Morgan fingerprint density at radius 2 is 1.50 bits per heavy atom. The van der Waals surface area contributed by atoms with Crippen LogP contribution in [0.25, 0.3) is 0 Å². The zero-order valence-corrected chi connectivity index (χ0v) is 10.7. The van der Waals surface area contributed by atoms with Gasteiger partial charge in [0.1, 0.15) is 0 Å². The molecule has 2 N–H and O–H groups in total. The lowest BCUT2D eigenvalue weighted by Gasteiger charge is -2.08. The summed E-state index contributed by atoms with van der Waals surface area (Å²) in [5.74, 6) is -1.82. The van der Waals surface area contributed by atoms with Gasteiger partial charge in [-0.3, -0.25) is 0 Å². The van der Waals surface area contributed by atoms with E-state index in [1.54, 1.807) is 0 Å². The highest BCUT2D eigenvalue weighted by Crippen LogP contribution is 2.08. The number of hydrogen-bond acceptors (Lipinski definition) is 1. The Bertz CT molecular complexity index is 588. The maximum atomic E-state index is 13.0. The lowest BCUT2D eigenvalue weighted by molar-refractivity contribution is 0.240. The second kappa shape index (κ2) is 6.65. The third-order valence-corrected chi connectivity index (χ3v) is 2.73. The van der Waals surface area contributed by atoms with Crippen LogP contribution in [-0.2, 0) is 13.1 Å². The molecule has 0 saturated heterocycles. The predicted molar refractivity (Wildman–Crippen MR) is 71.9 cm³/mol. The van der Waals surface area contributed by atoms with Crippen LogP contribution in [0.5, 0.6) is 0 Å². The molecule has 0 radical (unpaired) electrons. The molecule has 2 aromatic rings. The number of hydrogen-bond donors (Lipinski definition) is 2. The van der Waals surface area contributed by atoms with Gasteiger partial charge in [-0.1, -0.05) is 36.4 Å². The average molecular weight is 276 g/mol. The molecule has 2 amide bonds. The molecule has 0 heterocycles. The van der Waals surface area contributed by atoms with Crippen LogP contribution in [0.15, 0.2) is 48.5 Å². The highest BCUT2D eigenvalue weighted by atomic mass is 19.2. The number of halogens is 2. The van der Waals surface area contributed by atoms with Crippen molar-refractivity contribution in [3.05, 3.63) is 71.3 Å². The summed E-state index contributed by atoms with van der Waals surface area (Å²) in [6, 6.07) is 12.6. The molecule has 0 spiro atoms. The molecule has 0 fully saturated rings. The summed E-state index contributed by atoms with van der Waals surface area (Å²) in [5.41, 5.74) is 1.48. The number of nitrogens with one attached hydrogen (secondary N) is 2. The van der Waals surface area contributed by atoms with Crippen molar-refractivity contribution < 1.29 is 13.6 Å². The first-order valence-electron chi connectivity index (χ1n) is 6.15. The van der Waals surface area contributed by atoms with Gasteiger partial charge < -0.3 is 10.6 Å². The Balaban J connectivity index is 1.79. The van der Waals surface area contributed by atoms with Crippen molar-refractivity contribution in [2.24, 2.45) is 0 Å². The molecule has 0 bridgehead atoms. The molecule has 0 aliphatic carbocycles. The van der Waals surface area contributed by atoms with Crippen LogP contribution >= 0.6 is 0 Å². The van der Waals surface area contributed by atoms with Gasteiger partial charge in [-0.05, 0) is 23.3 Å². The second-order valence-corrected chi connectivity index (χ2v) is 4.27. The first-order chi connectivity index (χ1) is 9.65.